The highest BCUT2D eigenvalue weighted by Crippen LogP contribution is 2.19. The van der Waals surface area contributed by atoms with Crippen LogP contribution in [0.2, 0.25) is 0 Å². The monoisotopic (exact) mass is 326 g/mol. The van der Waals surface area contributed by atoms with Crippen molar-refractivity contribution >= 4 is 15.9 Å². The Morgan fingerprint density at radius 3 is 2.36 bits per heavy atom. The molecule has 0 heterocycles. The smallest absolute Gasteiger partial charge is 0.260 e. The van der Waals surface area contributed by atoms with Crippen LogP contribution in [-0.2, 0) is 14.8 Å². The van der Waals surface area contributed by atoms with E-state index in [1.165, 1.54) is 30.7 Å². The Bertz CT molecular complexity index is 607. The molecule has 0 aliphatic heterocycles. The number of sulfonamides is 1. The lowest BCUT2D eigenvalue weighted by atomic mass is 9.95. The molecule has 2 rings (SSSR count). The maximum Gasteiger partial charge on any atom is 0.260 e. The number of primary sulfonamides is 1. The van der Waals surface area contributed by atoms with Crippen molar-refractivity contribution in [3.63, 3.8) is 0 Å². The molecule has 0 radical (unpaired) electrons. The first-order chi connectivity index (χ1) is 10.4. The average Bonchev–Trinajstić information content (AvgIpc) is 2.48. The first-order valence-electron chi connectivity index (χ1n) is 7.46. The standard InChI is InChI=1S/C15H22N2O4S/c1-11(15(18)17-12-5-3-2-4-6-12)21-13-7-9-14(10-8-13)22(16,19)20/h7-12H,2-6H2,1H3,(H,17,18)(H2,16,19,20). The molecule has 0 spiro atoms. The van der Waals surface area contributed by atoms with Gasteiger partial charge in [0.2, 0.25) is 10.0 Å². The van der Waals surface area contributed by atoms with Crippen molar-refractivity contribution in [3.8, 4) is 5.75 Å². The number of carbonyl (C=O) groups excluding carboxylic acids is 1. The van der Waals surface area contributed by atoms with Crippen molar-refractivity contribution in [2.75, 3.05) is 0 Å². The second-order valence-corrected chi connectivity index (χ2v) is 7.18. The fourth-order valence-corrected chi connectivity index (χ4v) is 3.05. The number of benzene rings is 1. The highest BCUT2D eigenvalue weighted by Gasteiger charge is 2.20. The van der Waals surface area contributed by atoms with Crippen LogP contribution in [0.25, 0.3) is 0 Å². The van der Waals surface area contributed by atoms with Gasteiger partial charge in [-0.1, -0.05) is 19.3 Å². The number of nitrogens with one attached hydrogen (secondary N) is 1. The van der Waals surface area contributed by atoms with E-state index in [-0.39, 0.29) is 16.8 Å². The van der Waals surface area contributed by atoms with Gasteiger partial charge in [0, 0.05) is 6.04 Å². The molecular formula is C15H22N2O4S. The van der Waals surface area contributed by atoms with Crippen LogP contribution in [0.1, 0.15) is 39.0 Å². The minimum absolute atomic E-state index is 0.0131. The topological polar surface area (TPSA) is 98.5 Å². The van der Waals surface area contributed by atoms with E-state index in [0.29, 0.717) is 5.75 Å². The molecule has 1 amide bonds. The third kappa shape index (κ3) is 4.71. The van der Waals surface area contributed by atoms with Crippen LogP contribution in [0.5, 0.6) is 5.75 Å². The number of hydrogen-bond acceptors (Lipinski definition) is 4. The van der Waals surface area contributed by atoms with Gasteiger partial charge in [-0.25, -0.2) is 13.6 Å². The molecule has 0 saturated heterocycles. The Hall–Kier alpha value is -1.60. The van der Waals surface area contributed by atoms with Crippen LogP contribution in [-0.4, -0.2) is 26.5 Å². The summed E-state index contributed by atoms with van der Waals surface area (Å²) in [4.78, 5) is 12.1. The minimum Gasteiger partial charge on any atom is -0.481 e. The van der Waals surface area contributed by atoms with Crippen LogP contribution >= 0.6 is 0 Å². The molecule has 6 nitrogen and oxygen atoms in total. The summed E-state index contributed by atoms with van der Waals surface area (Å²) in [5, 5.41) is 8.02. The number of amides is 1. The van der Waals surface area contributed by atoms with Gasteiger partial charge >= 0.3 is 0 Å². The van der Waals surface area contributed by atoms with Gasteiger partial charge in [0.25, 0.3) is 5.91 Å². The Kier molecular flexibility index (Phi) is 5.42. The van der Waals surface area contributed by atoms with Crippen molar-refractivity contribution < 1.29 is 17.9 Å². The maximum atomic E-state index is 12.1. The summed E-state index contributed by atoms with van der Waals surface area (Å²) in [5.41, 5.74) is 0. The molecule has 1 aliphatic carbocycles. The summed E-state index contributed by atoms with van der Waals surface area (Å²) in [6, 6.07) is 5.93. The van der Waals surface area contributed by atoms with Gasteiger partial charge in [0.15, 0.2) is 6.10 Å². The summed E-state index contributed by atoms with van der Waals surface area (Å²) in [6.45, 7) is 1.67. The molecule has 1 aromatic rings. The molecule has 22 heavy (non-hydrogen) atoms. The Morgan fingerprint density at radius 1 is 1.23 bits per heavy atom. The molecule has 0 aromatic heterocycles. The number of rotatable bonds is 5. The van der Waals surface area contributed by atoms with Crippen LogP contribution < -0.4 is 15.2 Å². The van der Waals surface area contributed by atoms with Gasteiger partial charge in [-0.15, -0.1) is 0 Å². The zero-order chi connectivity index (χ0) is 16.2. The van der Waals surface area contributed by atoms with Crippen LogP contribution in [0.3, 0.4) is 0 Å². The molecule has 0 bridgehead atoms. The molecule has 1 unspecified atom stereocenters. The molecule has 3 N–H and O–H groups in total. The van der Waals surface area contributed by atoms with E-state index in [1.807, 2.05) is 0 Å². The van der Waals surface area contributed by atoms with Gasteiger partial charge in [-0.3, -0.25) is 4.79 Å². The number of nitrogens with two attached hydrogens (primary N) is 1. The quantitative estimate of drug-likeness (QED) is 0.857. The third-order valence-electron chi connectivity index (χ3n) is 3.79. The third-order valence-corrected chi connectivity index (χ3v) is 4.72. The largest absolute Gasteiger partial charge is 0.481 e. The van der Waals surface area contributed by atoms with Gasteiger partial charge in [-0.2, -0.15) is 0 Å². The minimum atomic E-state index is -3.72. The average molecular weight is 326 g/mol. The summed E-state index contributed by atoms with van der Waals surface area (Å²) >= 11 is 0. The maximum absolute atomic E-state index is 12.1. The van der Waals surface area contributed by atoms with E-state index in [1.54, 1.807) is 6.92 Å². The number of hydrogen-bond donors (Lipinski definition) is 2. The van der Waals surface area contributed by atoms with E-state index < -0.39 is 16.1 Å². The van der Waals surface area contributed by atoms with Crippen molar-refractivity contribution in [1.82, 2.24) is 5.32 Å². The predicted molar refractivity (Wildman–Crippen MR) is 82.9 cm³/mol. The first kappa shape index (κ1) is 16.8. The predicted octanol–water partition coefficient (Wildman–Crippen LogP) is 1.55. The SMILES string of the molecule is CC(Oc1ccc(S(N)(=O)=O)cc1)C(=O)NC1CCCCC1. The Labute approximate surface area is 131 Å². The molecule has 7 heteroatoms. The van der Waals surface area contributed by atoms with Gasteiger partial charge in [0.05, 0.1) is 4.90 Å². The molecule has 1 atom stereocenters. The summed E-state index contributed by atoms with van der Waals surface area (Å²) < 4.78 is 27.9. The van der Waals surface area contributed by atoms with Crippen LogP contribution in [0.15, 0.2) is 29.2 Å². The molecule has 1 saturated carbocycles. The second kappa shape index (κ2) is 7.11. The van der Waals surface area contributed by atoms with Crippen LogP contribution in [0.4, 0.5) is 0 Å². The zero-order valence-corrected chi connectivity index (χ0v) is 13.4. The lowest BCUT2D eigenvalue weighted by Crippen LogP contribution is -2.43. The van der Waals surface area contributed by atoms with Crippen molar-refractivity contribution in [2.45, 2.75) is 56.1 Å². The molecular weight excluding hydrogens is 304 g/mol. The molecule has 1 aromatic carbocycles. The van der Waals surface area contributed by atoms with E-state index in [9.17, 15) is 13.2 Å². The van der Waals surface area contributed by atoms with E-state index in [4.69, 9.17) is 9.88 Å². The number of ether oxygens (including phenoxy) is 1. The van der Waals surface area contributed by atoms with E-state index in [0.717, 1.165) is 25.7 Å². The van der Waals surface area contributed by atoms with Gasteiger partial charge in [-0.05, 0) is 44.0 Å². The fourth-order valence-electron chi connectivity index (χ4n) is 2.53. The van der Waals surface area contributed by atoms with E-state index >= 15 is 0 Å². The van der Waals surface area contributed by atoms with Gasteiger partial charge < -0.3 is 10.1 Å². The normalized spacial score (nSPS) is 17.7. The summed E-state index contributed by atoms with van der Waals surface area (Å²) in [7, 11) is -3.72. The highest BCUT2D eigenvalue weighted by molar-refractivity contribution is 7.89. The highest BCUT2D eigenvalue weighted by atomic mass is 32.2. The Morgan fingerprint density at radius 2 is 1.82 bits per heavy atom. The van der Waals surface area contributed by atoms with Crippen molar-refractivity contribution in [1.29, 1.82) is 0 Å². The lowest BCUT2D eigenvalue weighted by Gasteiger charge is -2.24. The summed E-state index contributed by atoms with van der Waals surface area (Å²) in [6.07, 6.45) is 4.92. The van der Waals surface area contributed by atoms with Crippen molar-refractivity contribution in [3.05, 3.63) is 24.3 Å². The van der Waals surface area contributed by atoms with Crippen LogP contribution in [0, 0.1) is 0 Å². The zero-order valence-electron chi connectivity index (χ0n) is 12.6. The lowest BCUT2D eigenvalue weighted by molar-refractivity contribution is -0.128. The van der Waals surface area contributed by atoms with E-state index in [2.05, 4.69) is 5.32 Å². The molecule has 1 aliphatic rings. The number of carbonyl (C=O) groups is 1. The van der Waals surface area contributed by atoms with Crippen molar-refractivity contribution in [2.24, 2.45) is 5.14 Å². The van der Waals surface area contributed by atoms with Gasteiger partial charge in [0.1, 0.15) is 5.75 Å². The fraction of sp³-hybridized carbons (Fsp3) is 0.533. The second-order valence-electron chi connectivity index (χ2n) is 5.62. The molecule has 1 fully saturated rings. The summed E-state index contributed by atoms with van der Waals surface area (Å²) in [5.74, 6) is 0.279. The Balaban J connectivity index is 1.90. The first-order valence-corrected chi connectivity index (χ1v) is 9.01. The molecule has 122 valence electrons.